The molecule has 0 aliphatic heterocycles. The van der Waals surface area contributed by atoms with Crippen molar-refractivity contribution in [3.8, 4) is 0 Å². The third-order valence-corrected chi connectivity index (χ3v) is 4.78. The van der Waals surface area contributed by atoms with Crippen LogP contribution in [0.4, 0.5) is 5.82 Å². The molecule has 1 heterocycles. The lowest BCUT2D eigenvalue weighted by Gasteiger charge is -2.08. The first-order valence-corrected chi connectivity index (χ1v) is 7.69. The molecule has 1 aromatic carbocycles. The number of aryl methyl sites for hydroxylation is 2. The minimum atomic E-state index is -3.69. The SMILES string of the molecule is Cc1ccc(S(=O)(=O)NCc2cnn(C)c2N)c(Cl)c1. The van der Waals surface area contributed by atoms with Gasteiger partial charge < -0.3 is 5.73 Å². The van der Waals surface area contributed by atoms with E-state index in [9.17, 15) is 8.42 Å². The minimum Gasteiger partial charge on any atom is -0.384 e. The quantitative estimate of drug-likeness (QED) is 0.893. The summed E-state index contributed by atoms with van der Waals surface area (Å²) in [5.41, 5.74) is 7.26. The van der Waals surface area contributed by atoms with Gasteiger partial charge in [0.05, 0.1) is 11.2 Å². The lowest BCUT2D eigenvalue weighted by molar-refractivity contribution is 0.581. The second kappa shape index (κ2) is 5.43. The van der Waals surface area contributed by atoms with Crippen molar-refractivity contribution in [1.82, 2.24) is 14.5 Å². The lowest BCUT2D eigenvalue weighted by Crippen LogP contribution is -2.24. The summed E-state index contributed by atoms with van der Waals surface area (Å²) in [6.45, 7) is 1.90. The van der Waals surface area contributed by atoms with Crippen LogP contribution in [0.15, 0.2) is 29.3 Å². The van der Waals surface area contributed by atoms with Crippen molar-refractivity contribution in [3.63, 3.8) is 0 Å². The van der Waals surface area contributed by atoms with Gasteiger partial charge in [0, 0.05) is 19.2 Å². The first-order chi connectivity index (χ1) is 9.31. The molecule has 108 valence electrons. The number of hydrogen-bond acceptors (Lipinski definition) is 4. The summed E-state index contributed by atoms with van der Waals surface area (Å²) in [6, 6.07) is 4.78. The van der Waals surface area contributed by atoms with Crippen molar-refractivity contribution in [2.75, 3.05) is 5.73 Å². The third-order valence-electron chi connectivity index (χ3n) is 2.89. The summed E-state index contributed by atoms with van der Waals surface area (Å²) in [5.74, 6) is 0.419. The number of benzene rings is 1. The largest absolute Gasteiger partial charge is 0.384 e. The summed E-state index contributed by atoms with van der Waals surface area (Å²) < 4.78 is 28.3. The summed E-state index contributed by atoms with van der Waals surface area (Å²) in [6.07, 6.45) is 1.52. The third kappa shape index (κ3) is 2.95. The van der Waals surface area contributed by atoms with Gasteiger partial charge >= 0.3 is 0 Å². The Bertz CT molecular complexity index is 740. The Morgan fingerprint density at radius 3 is 2.70 bits per heavy atom. The smallest absolute Gasteiger partial charge is 0.242 e. The van der Waals surface area contributed by atoms with Gasteiger partial charge in [-0.1, -0.05) is 17.7 Å². The molecule has 0 saturated carbocycles. The Kier molecular flexibility index (Phi) is 4.03. The first kappa shape index (κ1) is 14.8. The molecule has 1 aromatic heterocycles. The normalized spacial score (nSPS) is 11.8. The minimum absolute atomic E-state index is 0.0484. The van der Waals surface area contributed by atoms with E-state index >= 15 is 0 Å². The standard InChI is InChI=1S/C12H15ClN4O2S/c1-8-3-4-11(10(13)5-8)20(18,19)16-7-9-6-15-17(2)12(9)14/h3-6,16H,7,14H2,1-2H3. The monoisotopic (exact) mass is 314 g/mol. The number of nitrogen functional groups attached to an aromatic ring is 1. The van der Waals surface area contributed by atoms with Gasteiger partial charge in [0.15, 0.2) is 0 Å². The van der Waals surface area contributed by atoms with Crippen LogP contribution in [-0.4, -0.2) is 18.2 Å². The highest BCUT2D eigenvalue weighted by Gasteiger charge is 2.18. The molecule has 2 aromatic rings. The number of aromatic nitrogens is 2. The average molecular weight is 315 g/mol. The van der Waals surface area contributed by atoms with Crippen LogP contribution in [0.1, 0.15) is 11.1 Å². The molecule has 6 nitrogen and oxygen atoms in total. The highest BCUT2D eigenvalue weighted by Crippen LogP contribution is 2.22. The first-order valence-electron chi connectivity index (χ1n) is 5.83. The van der Waals surface area contributed by atoms with Crippen LogP contribution < -0.4 is 10.5 Å². The summed E-state index contributed by atoms with van der Waals surface area (Å²) in [7, 11) is -2.00. The number of hydrogen-bond donors (Lipinski definition) is 2. The number of nitrogens with zero attached hydrogens (tertiary/aromatic N) is 2. The highest BCUT2D eigenvalue weighted by molar-refractivity contribution is 7.89. The van der Waals surface area contributed by atoms with Gasteiger partial charge in [-0.3, -0.25) is 4.68 Å². The number of nitrogens with two attached hydrogens (primary N) is 1. The van der Waals surface area contributed by atoms with E-state index in [1.807, 2.05) is 6.92 Å². The molecular formula is C12H15ClN4O2S. The second-order valence-electron chi connectivity index (χ2n) is 4.44. The summed E-state index contributed by atoms with van der Waals surface area (Å²) >= 11 is 5.97. The molecule has 0 amide bonds. The van der Waals surface area contributed by atoms with Gasteiger partial charge in [0.1, 0.15) is 10.7 Å². The van der Waals surface area contributed by atoms with Gasteiger partial charge in [0.2, 0.25) is 10.0 Å². The van der Waals surface area contributed by atoms with Gasteiger partial charge in [-0.2, -0.15) is 5.10 Å². The van der Waals surface area contributed by atoms with Crippen LogP contribution in [-0.2, 0) is 23.6 Å². The van der Waals surface area contributed by atoms with Gasteiger partial charge in [0.25, 0.3) is 0 Å². The van der Waals surface area contributed by atoms with Crippen molar-refractivity contribution in [2.24, 2.45) is 7.05 Å². The molecule has 0 atom stereocenters. The zero-order chi connectivity index (χ0) is 14.9. The van der Waals surface area contributed by atoms with Crippen LogP contribution in [0, 0.1) is 6.92 Å². The number of nitrogens with one attached hydrogen (secondary N) is 1. The maximum atomic E-state index is 12.2. The molecule has 2 rings (SSSR count). The van der Waals surface area contributed by atoms with Crippen molar-refractivity contribution >= 4 is 27.4 Å². The Morgan fingerprint density at radius 1 is 1.45 bits per heavy atom. The second-order valence-corrected chi connectivity index (χ2v) is 6.58. The van der Waals surface area contributed by atoms with Gasteiger partial charge in [-0.15, -0.1) is 0 Å². The lowest BCUT2D eigenvalue weighted by atomic mass is 10.2. The highest BCUT2D eigenvalue weighted by atomic mass is 35.5. The predicted octanol–water partition coefficient (Wildman–Crippen LogP) is 1.44. The van der Waals surface area contributed by atoms with Gasteiger partial charge in [-0.05, 0) is 24.6 Å². The number of sulfonamides is 1. The van der Waals surface area contributed by atoms with Gasteiger partial charge in [-0.25, -0.2) is 13.1 Å². The fraction of sp³-hybridized carbons (Fsp3) is 0.250. The van der Waals surface area contributed by atoms with Crippen LogP contribution in [0.3, 0.4) is 0 Å². The van der Waals surface area contributed by atoms with Crippen LogP contribution in [0.2, 0.25) is 5.02 Å². The summed E-state index contributed by atoms with van der Waals surface area (Å²) in [4.78, 5) is 0.0484. The molecule has 0 fully saturated rings. The fourth-order valence-corrected chi connectivity index (χ4v) is 3.31. The molecule has 3 N–H and O–H groups in total. The zero-order valence-electron chi connectivity index (χ0n) is 11.1. The molecule has 0 aliphatic rings. The number of rotatable bonds is 4. The van der Waals surface area contributed by atoms with Crippen LogP contribution in [0.5, 0.6) is 0 Å². The predicted molar refractivity (Wildman–Crippen MR) is 77.8 cm³/mol. The van der Waals surface area contributed by atoms with Crippen molar-refractivity contribution in [3.05, 3.63) is 40.5 Å². The van der Waals surface area contributed by atoms with E-state index in [4.69, 9.17) is 17.3 Å². The van der Waals surface area contributed by atoms with Crippen LogP contribution >= 0.6 is 11.6 Å². The maximum absolute atomic E-state index is 12.2. The molecule has 0 unspecified atom stereocenters. The molecule has 0 radical (unpaired) electrons. The molecular weight excluding hydrogens is 300 g/mol. The van der Waals surface area contributed by atoms with E-state index in [1.165, 1.54) is 16.9 Å². The molecule has 0 bridgehead atoms. The van der Waals surface area contributed by atoms with E-state index in [0.717, 1.165) is 5.56 Å². The van der Waals surface area contributed by atoms with E-state index < -0.39 is 10.0 Å². The Hall–Kier alpha value is -1.57. The Labute approximate surface area is 122 Å². The topological polar surface area (TPSA) is 90.0 Å². The maximum Gasteiger partial charge on any atom is 0.242 e. The molecule has 0 aliphatic carbocycles. The Morgan fingerprint density at radius 2 is 2.15 bits per heavy atom. The van der Waals surface area contributed by atoms with Crippen molar-refractivity contribution in [1.29, 1.82) is 0 Å². The van der Waals surface area contributed by atoms with E-state index in [2.05, 4.69) is 9.82 Å². The molecule has 0 spiro atoms. The Balaban J connectivity index is 2.21. The van der Waals surface area contributed by atoms with E-state index in [-0.39, 0.29) is 16.5 Å². The fourth-order valence-electron chi connectivity index (χ4n) is 1.70. The zero-order valence-corrected chi connectivity index (χ0v) is 12.7. The van der Waals surface area contributed by atoms with Crippen LogP contribution in [0.25, 0.3) is 0 Å². The van der Waals surface area contributed by atoms with Crippen molar-refractivity contribution in [2.45, 2.75) is 18.4 Å². The van der Waals surface area contributed by atoms with E-state index in [0.29, 0.717) is 11.4 Å². The molecule has 0 saturated heterocycles. The average Bonchev–Trinajstić information content (AvgIpc) is 2.67. The molecule has 8 heteroatoms. The van der Waals surface area contributed by atoms with Crippen molar-refractivity contribution < 1.29 is 8.42 Å². The molecule has 20 heavy (non-hydrogen) atoms. The number of anilines is 1. The number of halogens is 1. The summed E-state index contributed by atoms with van der Waals surface area (Å²) in [5, 5.41) is 4.14. The van der Waals surface area contributed by atoms with E-state index in [1.54, 1.807) is 19.2 Å².